The van der Waals surface area contributed by atoms with E-state index in [2.05, 4.69) is 29.6 Å². The van der Waals surface area contributed by atoms with Gasteiger partial charge in [0.05, 0.1) is 18.8 Å². The zero-order chi connectivity index (χ0) is 13.7. The third-order valence-electron chi connectivity index (χ3n) is 3.72. The van der Waals surface area contributed by atoms with Crippen LogP contribution in [0.1, 0.15) is 23.7 Å². The number of methoxy groups -OCH3 is 2. The summed E-state index contributed by atoms with van der Waals surface area (Å²) in [6.07, 6.45) is 1.67. The zero-order valence-electron chi connectivity index (χ0n) is 11.9. The van der Waals surface area contributed by atoms with Gasteiger partial charge in [0.25, 0.3) is 0 Å². The molecule has 2 rings (SSSR count). The van der Waals surface area contributed by atoms with Gasteiger partial charge in [-0.15, -0.1) is 0 Å². The molecule has 0 aromatic heterocycles. The average Bonchev–Trinajstić information content (AvgIpc) is 2.47. The molecule has 0 saturated carbocycles. The fraction of sp³-hybridized carbons (Fsp3) is 0.600. The molecule has 0 aliphatic carbocycles. The lowest BCUT2D eigenvalue weighted by atomic mass is 9.93. The maximum Gasteiger partial charge on any atom is 0.172 e. The summed E-state index contributed by atoms with van der Waals surface area (Å²) in [4.78, 5) is 0. The Labute approximate surface area is 115 Å². The summed E-state index contributed by atoms with van der Waals surface area (Å²) in [5.74, 6) is 0. The van der Waals surface area contributed by atoms with Gasteiger partial charge in [-0.2, -0.15) is 0 Å². The molecular formula is C15H23NO3. The van der Waals surface area contributed by atoms with Gasteiger partial charge in [0.2, 0.25) is 0 Å². The average molecular weight is 265 g/mol. The number of ether oxygens (including phenoxy) is 3. The molecule has 0 radical (unpaired) electrons. The van der Waals surface area contributed by atoms with E-state index >= 15 is 0 Å². The molecule has 2 unspecified atom stereocenters. The molecule has 4 nitrogen and oxygen atoms in total. The highest BCUT2D eigenvalue weighted by Crippen LogP contribution is 2.31. The van der Waals surface area contributed by atoms with Gasteiger partial charge in [-0.3, -0.25) is 0 Å². The molecule has 19 heavy (non-hydrogen) atoms. The SMILES string of the molecule is CNC(CC1OCCc2ccccc21)C(OC)OC. The molecule has 1 aromatic rings. The largest absolute Gasteiger partial charge is 0.373 e. The van der Waals surface area contributed by atoms with Gasteiger partial charge in [-0.05, 0) is 31.0 Å². The highest BCUT2D eigenvalue weighted by atomic mass is 16.7. The van der Waals surface area contributed by atoms with Crippen LogP contribution in [0.3, 0.4) is 0 Å². The highest BCUT2D eigenvalue weighted by Gasteiger charge is 2.27. The van der Waals surface area contributed by atoms with Crippen LogP contribution in [0, 0.1) is 0 Å². The van der Waals surface area contributed by atoms with Crippen LogP contribution in [0.5, 0.6) is 0 Å². The molecule has 4 heteroatoms. The monoisotopic (exact) mass is 265 g/mol. The van der Waals surface area contributed by atoms with Gasteiger partial charge >= 0.3 is 0 Å². The van der Waals surface area contributed by atoms with Crippen molar-refractivity contribution < 1.29 is 14.2 Å². The first-order valence-electron chi connectivity index (χ1n) is 6.72. The summed E-state index contributed by atoms with van der Waals surface area (Å²) in [6.45, 7) is 0.781. The second-order valence-corrected chi connectivity index (χ2v) is 4.78. The Kier molecular flexibility index (Phi) is 5.34. The summed E-state index contributed by atoms with van der Waals surface area (Å²) in [7, 11) is 5.24. The zero-order valence-corrected chi connectivity index (χ0v) is 11.9. The number of hydrogen-bond acceptors (Lipinski definition) is 4. The van der Waals surface area contributed by atoms with E-state index in [-0.39, 0.29) is 18.4 Å². The topological polar surface area (TPSA) is 39.7 Å². The van der Waals surface area contributed by atoms with E-state index in [1.54, 1.807) is 14.2 Å². The predicted molar refractivity (Wildman–Crippen MR) is 74.1 cm³/mol. The van der Waals surface area contributed by atoms with Crippen molar-refractivity contribution in [3.05, 3.63) is 35.4 Å². The molecular weight excluding hydrogens is 242 g/mol. The maximum atomic E-state index is 5.92. The molecule has 106 valence electrons. The van der Waals surface area contributed by atoms with Gasteiger partial charge in [0, 0.05) is 14.2 Å². The second kappa shape index (κ2) is 7.01. The minimum atomic E-state index is -0.261. The summed E-state index contributed by atoms with van der Waals surface area (Å²) < 4.78 is 16.6. The molecule has 1 aliphatic rings. The number of hydrogen-bond donors (Lipinski definition) is 1. The third-order valence-corrected chi connectivity index (χ3v) is 3.72. The Bertz CT molecular complexity index is 393. The normalized spacial score (nSPS) is 20.3. The van der Waals surface area contributed by atoms with E-state index in [0.29, 0.717) is 0 Å². The third kappa shape index (κ3) is 3.34. The molecule has 1 heterocycles. The second-order valence-electron chi connectivity index (χ2n) is 4.78. The van der Waals surface area contributed by atoms with Gasteiger partial charge in [0.15, 0.2) is 6.29 Å². The molecule has 1 aromatic carbocycles. The Hall–Kier alpha value is -0.940. The van der Waals surface area contributed by atoms with Crippen LogP contribution >= 0.6 is 0 Å². The van der Waals surface area contributed by atoms with Crippen LogP contribution in [-0.2, 0) is 20.6 Å². The first-order chi connectivity index (χ1) is 9.30. The highest BCUT2D eigenvalue weighted by molar-refractivity contribution is 5.31. The Morgan fingerprint density at radius 1 is 1.32 bits per heavy atom. The van der Waals surface area contributed by atoms with Crippen molar-refractivity contribution in [1.29, 1.82) is 0 Å². The van der Waals surface area contributed by atoms with Crippen molar-refractivity contribution in [1.82, 2.24) is 5.32 Å². The Balaban J connectivity index is 2.10. The molecule has 0 saturated heterocycles. The summed E-state index contributed by atoms with van der Waals surface area (Å²) in [5, 5.41) is 3.25. The molecule has 0 amide bonds. The van der Waals surface area contributed by atoms with Crippen LogP contribution in [0.4, 0.5) is 0 Å². The number of fused-ring (bicyclic) bond motifs is 1. The number of benzene rings is 1. The first-order valence-corrected chi connectivity index (χ1v) is 6.72. The van der Waals surface area contributed by atoms with Gasteiger partial charge < -0.3 is 19.5 Å². The van der Waals surface area contributed by atoms with E-state index in [4.69, 9.17) is 14.2 Å². The quantitative estimate of drug-likeness (QED) is 0.797. The molecule has 1 N–H and O–H groups in total. The number of likely N-dealkylation sites (N-methyl/N-ethyl adjacent to an activating group) is 1. The molecule has 2 atom stereocenters. The lowest BCUT2D eigenvalue weighted by Gasteiger charge is -2.31. The summed E-state index contributed by atoms with van der Waals surface area (Å²) >= 11 is 0. The van der Waals surface area contributed by atoms with Crippen LogP contribution in [0.2, 0.25) is 0 Å². The van der Waals surface area contributed by atoms with Crippen LogP contribution in [0.15, 0.2) is 24.3 Å². The van der Waals surface area contributed by atoms with E-state index in [1.165, 1.54) is 11.1 Å². The van der Waals surface area contributed by atoms with Crippen molar-refractivity contribution >= 4 is 0 Å². The Morgan fingerprint density at radius 3 is 2.74 bits per heavy atom. The van der Waals surface area contributed by atoms with Gasteiger partial charge in [-0.25, -0.2) is 0 Å². The van der Waals surface area contributed by atoms with E-state index in [1.807, 2.05) is 7.05 Å². The van der Waals surface area contributed by atoms with Crippen LogP contribution in [0.25, 0.3) is 0 Å². The minimum Gasteiger partial charge on any atom is -0.373 e. The molecule has 0 fully saturated rings. The van der Waals surface area contributed by atoms with Crippen molar-refractivity contribution in [2.45, 2.75) is 31.3 Å². The van der Waals surface area contributed by atoms with Crippen LogP contribution in [-0.4, -0.2) is 40.2 Å². The van der Waals surface area contributed by atoms with Crippen molar-refractivity contribution in [3.8, 4) is 0 Å². The lowest BCUT2D eigenvalue weighted by molar-refractivity contribution is -0.130. The fourth-order valence-corrected chi connectivity index (χ4v) is 2.69. The first kappa shape index (κ1) is 14.5. The lowest BCUT2D eigenvalue weighted by Crippen LogP contribution is -2.41. The maximum absolute atomic E-state index is 5.92. The predicted octanol–water partition coefficient (Wildman–Crippen LogP) is 1.90. The van der Waals surface area contributed by atoms with E-state index in [0.717, 1.165) is 19.4 Å². The molecule has 0 bridgehead atoms. The molecule has 1 aliphatic heterocycles. The summed E-state index contributed by atoms with van der Waals surface area (Å²) in [6, 6.07) is 8.60. The van der Waals surface area contributed by atoms with Gasteiger partial charge in [0.1, 0.15) is 0 Å². The van der Waals surface area contributed by atoms with E-state index in [9.17, 15) is 0 Å². The fourth-order valence-electron chi connectivity index (χ4n) is 2.69. The standard InChI is InChI=1S/C15H23NO3/c1-16-13(15(17-2)18-3)10-14-12-7-5-4-6-11(12)8-9-19-14/h4-7,13-16H,8-10H2,1-3H3. The van der Waals surface area contributed by atoms with E-state index < -0.39 is 0 Å². The Morgan fingerprint density at radius 2 is 2.05 bits per heavy atom. The van der Waals surface area contributed by atoms with Crippen molar-refractivity contribution in [3.63, 3.8) is 0 Å². The van der Waals surface area contributed by atoms with Crippen molar-refractivity contribution in [2.24, 2.45) is 0 Å². The van der Waals surface area contributed by atoms with Gasteiger partial charge in [-0.1, -0.05) is 24.3 Å². The van der Waals surface area contributed by atoms with Crippen molar-refractivity contribution in [2.75, 3.05) is 27.9 Å². The smallest absolute Gasteiger partial charge is 0.172 e. The minimum absolute atomic E-state index is 0.103. The number of rotatable bonds is 6. The van der Waals surface area contributed by atoms with Crippen LogP contribution < -0.4 is 5.32 Å². The summed E-state index contributed by atoms with van der Waals surface area (Å²) in [5.41, 5.74) is 2.68. The number of nitrogens with one attached hydrogen (secondary N) is 1. The molecule has 0 spiro atoms.